The minimum Gasteiger partial charge on any atom is -0.399 e. The van der Waals surface area contributed by atoms with Crippen LogP contribution in [0.5, 0.6) is 0 Å². The van der Waals surface area contributed by atoms with Crippen molar-refractivity contribution >= 4 is 5.69 Å². The average Bonchev–Trinajstić information content (AvgIpc) is 2.97. The topological polar surface area (TPSA) is 70.8 Å². The van der Waals surface area contributed by atoms with Crippen molar-refractivity contribution in [3.63, 3.8) is 0 Å². The Morgan fingerprint density at radius 1 is 1.28 bits per heavy atom. The van der Waals surface area contributed by atoms with E-state index in [-0.39, 0.29) is 0 Å². The molecule has 1 aliphatic heterocycles. The van der Waals surface area contributed by atoms with Crippen LogP contribution in [0.1, 0.15) is 23.4 Å². The third-order valence-corrected chi connectivity index (χ3v) is 3.37. The molecular weight excluding hydrogens is 226 g/mol. The monoisotopic (exact) mass is 243 g/mol. The average molecular weight is 243 g/mol. The van der Waals surface area contributed by atoms with Crippen LogP contribution in [0.4, 0.5) is 5.69 Å². The van der Waals surface area contributed by atoms with E-state index in [1.807, 2.05) is 6.07 Å². The van der Waals surface area contributed by atoms with Crippen molar-refractivity contribution in [3.8, 4) is 0 Å². The Labute approximate surface area is 106 Å². The first-order valence-corrected chi connectivity index (χ1v) is 6.25. The quantitative estimate of drug-likeness (QED) is 0.795. The Balaban J connectivity index is 1.52. The van der Waals surface area contributed by atoms with E-state index in [4.69, 9.17) is 5.73 Å². The van der Waals surface area contributed by atoms with Crippen LogP contribution in [0.2, 0.25) is 0 Å². The SMILES string of the molecule is Nc1ccc2c(c1)CN(CCCc1ncn[nH]1)C2. The van der Waals surface area contributed by atoms with E-state index >= 15 is 0 Å². The van der Waals surface area contributed by atoms with Crippen LogP contribution in [0, 0.1) is 0 Å². The number of rotatable bonds is 4. The summed E-state index contributed by atoms with van der Waals surface area (Å²) in [6, 6.07) is 6.21. The number of hydrogen-bond acceptors (Lipinski definition) is 4. The van der Waals surface area contributed by atoms with E-state index in [1.54, 1.807) is 6.33 Å². The molecule has 94 valence electrons. The molecule has 0 saturated heterocycles. The standard InChI is InChI=1S/C13H17N5/c14-12-4-3-10-7-18(8-11(10)6-12)5-1-2-13-15-9-16-17-13/h3-4,6,9H,1-2,5,7-8,14H2,(H,15,16,17). The van der Waals surface area contributed by atoms with Gasteiger partial charge in [-0.1, -0.05) is 6.07 Å². The highest BCUT2D eigenvalue weighted by molar-refractivity contribution is 5.46. The van der Waals surface area contributed by atoms with Crippen molar-refractivity contribution in [2.75, 3.05) is 12.3 Å². The molecule has 0 bridgehead atoms. The van der Waals surface area contributed by atoms with Gasteiger partial charge in [-0.25, -0.2) is 4.98 Å². The number of hydrogen-bond donors (Lipinski definition) is 2. The Morgan fingerprint density at radius 3 is 3.00 bits per heavy atom. The van der Waals surface area contributed by atoms with Crippen LogP contribution >= 0.6 is 0 Å². The Bertz CT molecular complexity index is 520. The maximum Gasteiger partial charge on any atom is 0.137 e. The van der Waals surface area contributed by atoms with Crippen molar-refractivity contribution < 1.29 is 0 Å². The molecule has 2 aromatic rings. The number of benzene rings is 1. The summed E-state index contributed by atoms with van der Waals surface area (Å²) in [4.78, 5) is 6.57. The van der Waals surface area contributed by atoms with Crippen LogP contribution in [0.25, 0.3) is 0 Å². The van der Waals surface area contributed by atoms with Gasteiger partial charge in [0.05, 0.1) is 0 Å². The molecule has 1 aromatic carbocycles. The Kier molecular flexibility index (Phi) is 2.98. The third-order valence-electron chi connectivity index (χ3n) is 3.37. The largest absolute Gasteiger partial charge is 0.399 e. The first kappa shape index (κ1) is 11.2. The van der Waals surface area contributed by atoms with E-state index in [2.05, 4.69) is 32.2 Å². The van der Waals surface area contributed by atoms with Gasteiger partial charge in [-0.3, -0.25) is 10.00 Å². The smallest absolute Gasteiger partial charge is 0.137 e. The minimum atomic E-state index is 0.859. The van der Waals surface area contributed by atoms with E-state index in [0.29, 0.717) is 0 Å². The molecule has 0 spiro atoms. The number of nitrogens with two attached hydrogens (primary N) is 1. The van der Waals surface area contributed by atoms with Crippen LogP contribution in [-0.2, 0) is 19.5 Å². The summed E-state index contributed by atoms with van der Waals surface area (Å²) in [5.74, 6) is 0.968. The molecule has 5 heteroatoms. The van der Waals surface area contributed by atoms with Crippen LogP contribution < -0.4 is 5.73 Å². The molecule has 0 aliphatic carbocycles. The van der Waals surface area contributed by atoms with Crippen molar-refractivity contribution in [1.29, 1.82) is 0 Å². The lowest BCUT2D eigenvalue weighted by Crippen LogP contribution is -2.18. The number of aromatic nitrogens is 3. The summed E-state index contributed by atoms with van der Waals surface area (Å²) in [5, 5.41) is 6.74. The molecule has 0 radical (unpaired) electrons. The first-order chi connectivity index (χ1) is 8.81. The molecule has 2 heterocycles. The zero-order valence-corrected chi connectivity index (χ0v) is 10.3. The highest BCUT2D eigenvalue weighted by atomic mass is 15.2. The van der Waals surface area contributed by atoms with Crippen molar-refractivity contribution in [2.24, 2.45) is 0 Å². The van der Waals surface area contributed by atoms with Crippen LogP contribution in [-0.4, -0.2) is 26.6 Å². The van der Waals surface area contributed by atoms with Gasteiger partial charge in [-0.05, 0) is 36.2 Å². The second kappa shape index (κ2) is 4.78. The number of aryl methyl sites for hydroxylation is 1. The summed E-state index contributed by atoms with van der Waals surface area (Å²) < 4.78 is 0. The van der Waals surface area contributed by atoms with Crippen molar-refractivity contribution in [3.05, 3.63) is 41.5 Å². The van der Waals surface area contributed by atoms with Gasteiger partial charge in [-0.2, -0.15) is 5.10 Å². The molecule has 1 aromatic heterocycles. The Hall–Kier alpha value is -1.88. The predicted octanol–water partition coefficient (Wildman–Crippen LogP) is 1.34. The number of nitrogen functional groups attached to an aromatic ring is 1. The molecule has 3 rings (SSSR count). The molecule has 3 N–H and O–H groups in total. The van der Waals surface area contributed by atoms with Gasteiger partial charge >= 0.3 is 0 Å². The zero-order valence-electron chi connectivity index (χ0n) is 10.3. The number of H-pyrrole nitrogens is 1. The van der Waals surface area contributed by atoms with Gasteiger partial charge in [0.15, 0.2) is 0 Å². The van der Waals surface area contributed by atoms with Gasteiger partial charge in [-0.15, -0.1) is 0 Å². The second-order valence-corrected chi connectivity index (χ2v) is 4.77. The molecule has 0 atom stereocenters. The number of nitrogens with zero attached hydrogens (tertiary/aromatic N) is 3. The molecular formula is C13H17N5. The van der Waals surface area contributed by atoms with Crippen molar-refractivity contribution in [1.82, 2.24) is 20.1 Å². The minimum absolute atomic E-state index is 0.859. The molecule has 0 unspecified atom stereocenters. The lowest BCUT2D eigenvalue weighted by atomic mass is 10.1. The van der Waals surface area contributed by atoms with Gasteiger partial charge in [0.2, 0.25) is 0 Å². The van der Waals surface area contributed by atoms with Crippen molar-refractivity contribution in [2.45, 2.75) is 25.9 Å². The van der Waals surface area contributed by atoms with Gasteiger partial charge in [0.25, 0.3) is 0 Å². The fraction of sp³-hybridized carbons (Fsp3) is 0.385. The van der Waals surface area contributed by atoms with Crippen LogP contribution in [0.15, 0.2) is 24.5 Å². The fourth-order valence-corrected chi connectivity index (χ4v) is 2.46. The number of anilines is 1. The number of nitrogens with one attached hydrogen (secondary N) is 1. The predicted molar refractivity (Wildman–Crippen MR) is 69.7 cm³/mol. The summed E-state index contributed by atoms with van der Waals surface area (Å²) in [6.07, 6.45) is 3.61. The number of aromatic amines is 1. The molecule has 5 nitrogen and oxygen atoms in total. The lowest BCUT2D eigenvalue weighted by molar-refractivity contribution is 0.280. The van der Waals surface area contributed by atoms with Crippen LogP contribution in [0.3, 0.4) is 0 Å². The fourth-order valence-electron chi connectivity index (χ4n) is 2.46. The molecule has 1 aliphatic rings. The molecule has 0 saturated carbocycles. The van der Waals surface area contributed by atoms with E-state index in [1.165, 1.54) is 11.1 Å². The normalized spacial score (nSPS) is 14.9. The lowest BCUT2D eigenvalue weighted by Gasteiger charge is -2.13. The maximum absolute atomic E-state index is 5.80. The third kappa shape index (κ3) is 2.36. The Morgan fingerprint density at radius 2 is 2.17 bits per heavy atom. The summed E-state index contributed by atoms with van der Waals surface area (Å²) in [6.45, 7) is 3.12. The zero-order chi connectivity index (χ0) is 12.4. The highest BCUT2D eigenvalue weighted by Crippen LogP contribution is 2.24. The summed E-state index contributed by atoms with van der Waals surface area (Å²) in [7, 11) is 0. The van der Waals surface area contributed by atoms with Gasteiger partial charge in [0, 0.05) is 25.2 Å². The van der Waals surface area contributed by atoms with Gasteiger partial charge in [0.1, 0.15) is 12.2 Å². The second-order valence-electron chi connectivity index (χ2n) is 4.77. The first-order valence-electron chi connectivity index (χ1n) is 6.25. The van der Waals surface area contributed by atoms with E-state index in [9.17, 15) is 0 Å². The molecule has 0 fully saturated rings. The van der Waals surface area contributed by atoms with E-state index < -0.39 is 0 Å². The number of fused-ring (bicyclic) bond motifs is 1. The van der Waals surface area contributed by atoms with Gasteiger partial charge < -0.3 is 5.73 Å². The highest BCUT2D eigenvalue weighted by Gasteiger charge is 2.18. The summed E-state index contributed by atoms with van der Waals surface area (Å²) in [5.41, 5.74) is 9.44. The summed E-state index contributed by atoms with van der Waals surface area (Å²) >= 11 is 0. The molecule has 18 heavy (non-hydrogen) atoms. The maximum atomic E-state index is 5.80. The van der Waals surface area contributed by atoms with E-state index in [0.717, 1.165) is 44.0 Å². The molecule has 0 amide bonds.